The molecule has 130 valence electrons. The SMILES string of the molecule is O=C(NC1CCCC1)C1CC(=O)N(CCc2ccc(Cl)cc2Cl)C1. The van der Waals surface area contributed by atoms with Gasteiger partial charge in [0.2, 0.25) is 11.8 Å². The van der Waals surface area contributed by atoms with Gasteiger partial charge in [-0.3, -0.25) is 9.59 Å². The van der Waals surface area contributed by atoms with E-state index in [0.717, 1.165) is 18.4 Å². The molecule has 1 saturated heterocycles. The lowest BCUT2D eigenvalue weighted by Gasteiger charge is -2.18. The summed E-state index contributed by atoms with van der Waals surface area (Å²) in [4.78, 5) is 26.3. The maximum Gasteiger partial charge on any atom is 0.225 e. The van der Waals surface area contributed by atoms with Crippen LogP contribution in [-0.2, 0) is 16.0 Å². The third kappa shape index (κ3) is 4.22. The Morgan fingerprint density at radius 3 is 2.71 bits per heavy atom. The van der Waals surface area contributed by atoms with E-state index < -0.39 is 0 Å². The zero-order valence-corrected chi connectivity index (χ0v) is 15.1. The van der Waals surface area contributed by atoms with Gasteiger partial charge in [0.05, 0.1) is 5.92 Å². The predicted octanol–water partition coefficient (Wildman–Crippen LogP) is 3.44. The number of carbonyl (C=O) groups is 2. The van der Waals surface area contributed by atoms with E-state index in [1.807, 2.05) is 6.07 Å². The fraction of sp³-hybridized carbons (Fsp3) is 0.556. The summed E-state index contributed by atoms with van der Waals surface area (Å²) in [5.74, 6) is -0.146. The molecule has 2 amide bonds. The van der Waals surface area contributed by atoms with Crippen LogP contribution in [0.3, 0.4) is 0 Å². The van der Waals surface area contributed by atoms with Gasteiger partial charge in [-0.15, -0.1) is 0 Å². The fourth-order valence-corrected chi connectivity index (χ4v) is 4.04. The highest BCUT2D eigenvalue weighted by atomic mass is 35.5. The van der Waals surface area contributed by atoms with Crippen molar-refractivity contribution in [2.45, 2.75) is 44.6 Å². The number of hydrogen-bond donors (Lipinski definition) is 1. The highest BCUT2D eigenvalue weighted by molar-refractivity contribution is 6.35. The van der Waals surface area contributed by atoms with Gasteiger partial charge in [-0.25, -0.2) is 0 Å². The average molecular weight is 369 g/mol. The van der Waals surface area contributed by atoms with Crippen molar-refractivity contribution in [3.05, 3.63) is 33.8 Å². The van der Waals surface area contributed by atoms with Gasteiger partial charge in [-0.2, -0.15) is 0 Å². The molecule has 1 saturated carbocycles. The van der Waals surface area contributed by atoms with Gasteiger partial charge in [0.25, 0.3) is 0 Å². The van der Waals surface area contributed by atoms with E-state index in [-0.39, 0.29) is 17.7 Å². The average Bonchev–Trinajstić information content (AvgIpc) is 3.16. The summed E-state index contributed by atoms with van der Waals surface area (Å²) in [6.45, 7) is 1.08. The monoisotopic (exact) mass is 368 g/mol. The smallest absolute Gasteiger partial charge is 0.225 e. The molecule has 24 heavy (non-hydrogen) atoms. The van der Waals surface area contributed by atoms with Crippen molar-refractivity contribution in [1.82, 2.24) is 10.2 Å². The van der Waals surface area contributed by atoms with Crippen molar-refractivity contribution in [3.8, 4) is 0 Å². The van der Waals surface area contributed by atoms with Crippen LogP contribution in [-0.4, -0.2) is 35.8 Å². The third-order valence-electron chi connectivity index (χ3n) is 4.95. The summed E-state index contributed by atoms with van der Waals surface area (Å²) in [5.41, 5.74) is 0.965. The highest BCUT2D eigenvalue weighted by Crippen LogP contribution is 2.24. The summed E-state index contributed by atoms with van der Waals surface area (Å²) in [7, 11) is 0. The van der Waals surface area contributed by atoms with Gasteiger partial charge in [0.15, 0.2) is 0 Å². The Morgan fingerprint density at radius 2 is 2.00 bits per heavy atom. The van der Waals surface area contributed by atoms with Crippen molar-refractivity contribution in [1.29, 1.82) is 0 Å². The summed E-state index contributed by atoms with van der Waals surface area (Å²) >= 11 is 12.1. The second-order valence-corrected chi connectivity index (χ2v) is 7.56. The molecule has 1 aromatic carbocycles. The van der Waals surface area contributed by atoms with E-state index in [1.165, 1.54) is 12.8 Å². The van der Waals surface area contributed by atoms with Gasteiger partial charge in [-0.1, -0.05) is 42.1 Å². The molecule has 1 heterocycles. The first-order valence-electron chi connectivity index (χ1n) is 8.55. The van der Waals surface area contributed by atoms with Crippen molar-refractivity contribution in [2.24, 2.45) is 5.92 Å². The zero-order valence-electron chi connectivity index (χ0n) is 13.6. The molecule has 0 spiro atoms. The largest absolute Gasteiger partial charge is 0.353 e. The van der Waals surface area contributed by atoms with Crippen LogP contribution in [0.25, 0.3) is 0 Å². The van der Waals surface area contributed by atoms with E-state index >= 15 is 0 Å². The molecule has 1 unspecified atom stereocenters. The molecule has 2 fully saturated rings. The lowest BCUT2D eigenvalue weighted by molar-refractivity contribution is -0.129. The first-order valence-corrected chi connectivity index (χ1v) is 9.30. The lowest BCUT2D eigenvalue weighted by atomic mass is 10.1. The number of hydrogen-bond acceptors (Lipinski definition) is 2. The molecule has 4 nitrogen and oxygen atoms in total. The van der Waals surface area contributed by atoms with Gasteiger partial charge in [0, 0.05) is 35.6 Å². The van der Waals surface area contributed by atoms with Crippen molar-refractivity contribution >= 4 is 35.0 Å². The number of likely N-dealkylation sites (tertiary alicyclic amines) is 1. The molecule has 1 aliphatic carbocycles. The summed E-state index contributed by atoms with van der Waals surface area (Å²) in [6.07, 6.45) is 5.47. The predicted molar refractivity (Wildman–Crippen MR) is 95.3 cm³/mol. The Kier molecular flexibility index (Phi) is 5.67. The zero-order chi connectivity index (χ0) is 17.1. The fourth-order valence-electron chi connectivity index (χ4n) is 3.53. The normalized spacial score (nSPS) is 21.5. The maximum absolute atomic E-state index is 12.3. The minimum Gasteiger partial charge on any atom is -0.353 e. The van der Waals surface area contributed by atoms with Crippen LogP contribution in [0.15, 0.2) is 18.2 Å². The van der Waals surface area contributed by atoms with Crippen LogP contribution in [0.1, 0.15) is 37.7 Å². The van der Waals surface area contributed by atoms with Crippen molar-refractivity contribution in [3.63, 3.8) is 0 Å². The third-order valence-corrected chi connectivity index (χ3v) is 5.54. The number of nitrogens with one attached hydrogen (secondary N) is 1. The lowest BCUT2D eigenvalue weighted by Crippen LogP contribution is -2.38. The van der Waals surface area contributed by atoms with Gasteiger partial charge >= 0.3 is 0 Å². The molecule has 6 heteroatoms. The minimum absolute atomic E-state index is 0.0299. The Labute approximate surface area is 152 Å². The van der Waals surface area contributed by atoms with E-state index in [1.54, 1.807) is 17.0 Å². The van der Waals surface area contributed by atoms with Crippen LogP contribution < -0.4 is 5.32 Å². The van der Waals surface area contributed by atoms with Gasteiger partial charge in [-0.05, 0) is 37.0 Å². The van der Waals surface area contributed by atoms with Crippen molar-refractivity contribution < 1.29 is 9.59 Å². The highest BCUT2D eigenvalue weighted by Gasteiger charge is 2.35. The number of carbonyl (C=O) groups excluding carboxylic acids is 2. The quantitative estimate of drug-likeness (QED) is 0.865. The second kappa shape index (κ2) is 7.75. The number of nitrogens with zero attached hydrogens (tertiary/aromatic N) is 1. The molecule has 3 rings (SSSR count). The number of halogens is 2. The Hall–Kier alpha value is -1.26. The van der Waals surface area contributed by atoms with E-state index in [9.17, 15) is 9.59 Å². The minimum atomic E-state index is -0.223. The number of benzene rings is 1. The number of rotatable bonds is 5. The summed E-state index contributed by atoms with van der Waals surface area (Å²) in [6, 6.07) is 5.69. The molecule has 1 atom stereocenters. The van der Waals surface area contributed by atoms with Crippen LogP contribution in [0.2, 0.25) is 10.0 Å². The molecular weight excluding hydrogens is 347 g/mol. The van der Waals surface area contributed by atoms with Crippen LogP contribution in [0.4, 0.5) is 0 Å². The standard InChI is InChI=1S/C18H22Cl2N2O2/c19-14-6-5-12(16(20)10-14)7-8-22-11-13(9-17(22)23)18(24)21-15-3-1-2-4-15/h5-6,10,13,15H,1-4,7-9,11H2,(H,21,24). The Bertz CT molecular complexity index is 629. The van der Waals surface area contributed by atoms with E-state index in [0.29, 0.717) is 42.0 Å². The molecule has 1 aliphatic heterocycles. The topological polar surface area (TPSA) is 49.4 Å². The summed E-state index contributed by atoms with van der Waals surface area (Å²) in [5, 5.41) is 4.31. The summed E-state index contributed by atoms with van der Waals surface area (Å²) < 4.78 is 0. The number of amides is 2. The molecule has 1 aromatic rings. The van der Waals surface area contributed by atoms with Crippen LogP contribution in [0, 0.1) is 5.92 Å². The van der Waals surface area contributed by atoms with Crippen molar-refractivity contribution in [2.75, 3.05) is 13.1 Å². The van der Waals surface area contributed by atoms with E-state index in [4.69, 9.17) is 23.2 Å². The van der Waals surface area contributed by atoms with Crippen LogP contribution in [0.5, 0.6) is 0 Å². The molecule has 0 bridgehead atoms. The second-order valence-electron chi connectivity index (χ2n) is 6.72. The van der Waals surface area contributed by atoms with Gasteiger partial charge in [0.1, 0.15) is 0 Å². The Balaban J connectivity index is 1.51. The maximum atomic E-state index is 12.3. The molecular formula is C18H22Cl2N2O2. The molecule has 2 aliphatic rings. The first-order chi connectivity index (χ1) is 11.5. The molecule has 0 aromatic heterocycles. The van der Waals surface area contributed by atoms with Crippen LogP contribution >= 0.6 is 23.2 Å². The molecule has 1 N–H and O–H groups in total. The van der Waals surface area contributed by atoms with Gasteiger partial charge < -0.3 is 10.2 Å². The molecule has 0 radical (unpaired) electrons. The van der Waals surface area contributed by atoms with E-state index in [2.05, 4.69) is 5.32 Å². The first kappa shape index (κ1) is 17.6. The Morgan fingerprint density at radius 1 is 1.25 bits per heavy atom.